The van der Waals surface area contributed by atoms with Crippen molar-refractivity contribution in [2.45, 2.75) is 46.5 Å². The Labute approximate surface area is 147 Å². The molecule has 1 aromatic rings. The second-order valence-electron chi connectivity index (χ2n) is 6.51. The zero-order valence-electron chi connectivity index (χ0n) is 16.1. The van der Waals surface area contributed by atoms with E-state index in [0.29, 0.717) is 0 Å². The van der Waals surface area contributed by atoms with Gasteiger partial charge in [0.25, 0.3) is 0 Å². The molecule has 0 bridgehead atoms. The molecule has 0 amide bonds. The number of hydrogen-bond donors (Lipinski definition) is 0. The number of anilines is 1. The predicted octanol–water partition coefficient (Wildman–Crippen LogP) is 4.79. The van der Waals surface area contributed by atoms with E-state index in [4.69, 9.17) is 5.10 Å². The third-order valence-corrected chi connectivity index (χ3v) is 4.59. The van der Waals surface area contributed by atoms with E-state index in [1.165, 1.54) is 28.0 Å². The molecule has 0 atom stereocenters. The first-order valence-corrected chi connectivity index (χ1v) is 9.01. The summed E-state index contributed by atoms with van der Waals surface area (Å²) in [4.78, 5) is 2.29. The lowest BCUT2D eigenvalue weighted by Crippen LogP contribution is -2.31. The summed E-state index contributed by atoms with van der Waals surface area (Å²) in [7, 11) is 6.13. The summed E-state index contributed by atoms with van der Waals surface area (Å²) in [5.74, 6) is 1.05. The van der Waals surface area contributed by atoms with Crippen molar-refractivity contribution >= 4 is 11.5 Å². The SMILES string of the molecule is CCC1=CC=C(/C(=N/N(C)C)N(C)c2c(CC)cccc2CC)C1. The van der Waals surface area contributed by atoms with Crippen molar-refractivity contribution < 1.29 is 0 Å². The highest BCUT2D eigenvalue weighted by molar-refractivity contribution is 6.10. The molecule has 24 heavy (non-hydrogen) atoms. The number of amidine groups is 1. The lowest BCUT2D eigenvalue weighted by atomic mass is 10.0. The molecular weight excluding hydrogens is 294 g/mol. The van der Waals surface area contributed by atoms with Gasteiger partial charge in [-0.1, -0.05) is 56.7 Å². The Kier molecular flexibility index (Phi) is 6.24. The Hall–Kier alpha value is -2.03. The van der Waals surface area contributed by atoms with E-state index < -0.39 is 0 Å². The van der Waals surface area contributed by atoms with Crippen LogP contribution in [-0.2, 0) is 12.8 Å². The monoisotopic (exact) mass is 325 g/mol. The van der Waals surface area contributed by atoms with Gasteiger partial charge in [0.2, 0.25) is 0 Å². The van der Waals surface area contributed by atoms with Crippen LogP contribution in [0.15, 0.2) is 46.6 Å². The number of hydrogen-bond acceptors (Lipinski definition) is 2. The fraction of sp³-hybridized carbons (Fsp3) is 0.476. The number of nitrogens with zero attached hydrogens (tertiary/aromatic N) is 3. The van der Waals surface area contributed by atoms with Crippen molar-refractivity contribution in [3.8, 4) is 0 Å². The van der Waals surface area contributed by atoms with Crippen LogP contribution < -0.4 is 4.90 Å². The minimum absolute atomic E-state index is 1.00. The summed E-state index contributed by atoms with van der Waals surface area (Å²) in [6.07, 6.45) is 8.65. The van der Waals surface area contributed by atoms with Crippen molar-refractivity contribution in [1.82, 2.24) is 5.01 Å². The van der Waals surface area contributed by atoms with Gasteiger partial charge in [-0.2, -0.15) is 5.10 Å². The highest BCUT2D eigenvalue weighted by Gasteiger charge is 2.21. The van der Waals surface area contributed by atoms with Gasteiger partial charge in [-0.05, 0) is 36.8 Å². The number of para-hydroxylation sites is 1. The van der Waals surface area contributed by atoms with Crippen LogP contribution in [0.3, 0.4) is 0 Å². The summed E-state index contributed by atoms with van der Waals surface area (Å²) >= 11 is 0. The van der Waals surface area contributed by atoms with Crippen LogP contribution in [0.2, 0.25) is 0 Å². The van der Waals surface area contributed by atoms with Crippen molar-refractivity contribution in [1.29, 1.82) is 0 Å². The van der Waals surface area contributed by atoms with Gasteiger partial charge in [0.15, 0.2) is 5.84 Å². The van der Waals surface area contributed by atoms with Crippen LogP contribution in [0, 0.1) is 0 Å². The van der Waals surface area contributed by atoms with Gasteiger partial charge in [0, 0.05) is 32.4 Å². The molecule has 0 N–H and O–H groups in total. The van der Waals surface area contributed by atoms with Gasteiger partial charge in [-0.25, -0.2) is 0 Å². The highest BCUT2D eigenvalue weighted by atomic mass is 15.4. The molecule has 0 saturated carbocycles. The molecule has 3 nitrogen and oxygen atoms in total. The Balaban J connectivity index is 2.46. The van der Waals surface area contributed by atoms with Gasteiger partial charge in [0.1, 0.15) is 0 Å². The predicted molar refractivity (Wildman–Crippen MR) is 106 cm³/mol. The second kappa shape index (κ2) is 8.18. The molecular formula is C21H31N3. The van der Waals surface area contributed by atoms with Gasteiger partial charge in [0.05, 0.1) is 0 Å². The molecule has 3 heteroatoms. The van der Waals surface area contributed by atoms with Crippen LogP contribution in [-0.4, -0.2) is 32.0 Å². The van der Waals surface area contributed by atoms with E-state index in [-0.39, 0.29) is 0 Å². The number of rotatable bonds is 6. The Morgan fingerprint density at radius 2 is 1.58 bits per heavy atom. The smallest absolute Gasteiger partial charge is 0.156 e. The molecule has 2 rings (SSSR count). The molecule has 0 unspecified atom stereocenters. The Morgan fingerprint density at radius 1 is 0.958 bits per heavy atom. The van der Waals surface area contributed by atoms with E-state index in [2.05, 4.69) is 63.1 Å². The van der Waals surface area contributed by atoms with Crippen LogP contribution in [0.4, 0.5) is 5.69 Å². The molecule has 1 aromatic carbocycles. The number of hydrazone groups is 1. The quantitative estimate of drug-likeness (QED) is 0.425. The molecule has 130 valence electrons. The number of allylic oxidation sites excluding steroid dienone is 3. The van der Waals surface area contributed by atoms with E-state index in [9.17, 15) is 0 Å². The third kappa shape index (κ3) is 3.89. The molecule has 1 aliphatic carbocycles. The van der Waals surface area contributed by atoms with E-state index in [0.717, 1.165) is 31.5 Å². The van der Waals surface area contributed by atoms with E-state index in [1.807, 2.05) is 19.1 Å². The maximum absolute atomic E-state index is 4.83. The Morgan fingerprint density at radius 3 is 2.04 bits per heavy atom. The minimum atomic E-state index is 1.00. The molecule has 0 heterocycles. The maximum atomic E-state index is 4.83. The molecule has 1 aliphatic rings. The normalized spacial score (nSPS) is 14.5. The topological polar surface area (TPSA) is 18.8 Å². The van der Waals surface area contributed by atoms with Gasteiger partial charge >= 0.3 is 0 Å². The fourth-order valence-corrected chi connectivity index (χ4v) is 3.27. The van der Waals surface area contributed by atoms with Gasteiger partial charge in [-0.15, -0.1) is 0 Å². The summed E-state index contributed by atoms with van der Waals surface area (Å²) in [6.45, 7) is 6.66. The van der Waals surface area contributed by atoms with Crippen LogP contribution >= 0.6 is 0 Å². The molecule has 0 aliphatic heterocycles. The van der Waals surface area contributed by atoms with Crippen LogP contribution in [0.5, 0.6) is 0 Å². The number of likely N-dealkylation sites (N-methyl/N-ethyl adjacent to an activating group) is 1. The second-order valence-corrected chi connectivity index (χ2v) is 6.51. The zero-order valence-corrected chi connectivity index (χ0v) is 16.1. The first-order valence-electron chi connectivity index (χ1n) is 9.01. The van der Waals surface area contributed by atoms with Crippen molar-refractivity contribution in [2.24, 2.45) is 5.10 Å². The average molecular weight is 326 g/mol. The van der Waals surface area contributed by atoms with E-state index >= 15 is 0 Å². The molecule has 0 saturated heterocycles. The van der Waals surface area contributed by atoms with Gasteiger partial charge in [-0.3, -0.25) is 0 Å². The zero-order chi connectivity index (χ0) is 17.7. The lowest BCUT2D eigenvalue weighted by Gasteiger charge is -2.28. The maximum Gasteiger partial charge on any atom is 0.156 e. The van der Waals surface area contributed by atoms with Crippen LogP contribution in [0.1, 0.15) is 44.7 Å². The Bertz CT molecular complexity index is 643. The molecule has 0 fully saturated rings. The molecule has 0 radical (unpaired) electrons. The largest absolute Gasteiger partial charge is 0.327 e. The fourth-order valence-electron chi connectivity index (χ4n) is 3.27. The summed E-state index contributed by atoms with van der Waals surface area (Å²) in [5.41, 5.74) is 6.85. The third-order valence-electron chi connectivity index (χ3n) is 4.59. The lowest BCUT2D eigenvalue weighted by molar-refractivity contribution is 0.436. The molecule has 0 spiro atoms. The van der Waals surface area contributed by atoms with Crippen molar-refractivity contribution in [3.05, 3.63) is 52.6 Å². The summed E-state index contributed by atoms with van der Waals surface area (Å²) < 4.78 is 0. The highest BCUT2D eigenvalue weighted by Crippen LogP contribution is 2.30. The van der Waals surface area contributed by atoms with Gasteiger partial charge < -0.3 is 9.91 Å². The first kappa shape index (κ1) is 18.3. The number of aryl methyl sites for hydroxylation is 2. The number of benzene rings is 1. The van der Waals surface area contributed by atoms with Crippen molar-refractivity contribution in [3.63, 3.8) is 0 Å². The summed E-state index contributed by atoms with van der Waals surface area (Å²) in [5, 5.41) is 6.73. The van der Waals surface area contributed by atoms with Crippen LogP contribution in [0.25, 0.3) is 0 Å². The summed E-state index contributed by atoms with van der Waals surface area (Å²) in [6, 6.07) is 6.64. The standard InChI is InChI=1S/C21H31N3/c1-7-16-13-14-19(15-16)21(22-23(4)5)24(6)20-17(8-2)11-10-12-18(20)9-3/h10-14H,7-9,15H2,1-6H3/b22-21-. The average Bonchev–Trinajstić information content (AvgIpc) is 3.06. The van der Waals surface area contributed by atoms with E-state index in [1.54, 1.807) is 0 Å². The molecule has 0 aromatic heterocycles. The minimum Gasteiger partial charge on any atom is -0.327 e. The van der Waals surface area contributed by atoms with Crippen molar-refractivity contribution in [2.75, 3.05) is 26.0 Å². The first-order chi connectivity index (χ1) is 11.5.